The lowest BCUT2D eigenvalue weighted by Gasteiger charge is -2.16. The van der Waals surface area contributed by atoms with Crippen molar-refractivity contribution in [1.29, 1.82) is 0 Å². The number of rotatable bonds is 4. The van der Waals surface area contributed by atoms with Gasteiger partial charge >= 0.3 is 0 Å². The van der Waals surface area contributed by atoms with Crippen LogP contribution in [0.1, 0.15) is 32.3 Å². The summed E-state index contributed by atoms with van der Waals surface area (Å²) in [7, 11) is 0. The van der Waals surface area contributed by atoms with Crippen molar-refractivity contribution >= 4 is 16.6 Å². The Kier molecular flexibility index (Phi) is 3.62. The molecule has 90 valence electrons. The molecule has 0 amide bonds. The highest BCUT2D eigenvalue weighted by atomic mass is 14.9. The third-order valence-electron chi connectivity index (χ3n) is 3.09. The van der Waals surface area contributed by atoms with E-state index in [4.69, 9.17) is 0 Å². The molecule has 0 fully saturated rings. The molecule has 2 aromatic rings. The van der Waals surface area contributed by atoms with Crippen molar-refractivity contribution in [2.24, 2.45) is 0 Å². The van der Waals surface area contributed by atoms with Crippen molar-refractivity contribution in [3.63, 3.8) is 0 Å². The van der Waals surface area contributed by atoms with Gasteiger partial charge in [0.25, 0.3) is 0 Å². The van der Waals surface area contributed by atoms with E-state index in [1.807, 2.05) is 12.3 Å². The lowest BCUT2D eigenvalue weighted by atomic mass is 10.1. The normalized spacial score (nSPS) is 12.6. The predicted molar refractivity (Wildman–Crippen MR) is 74.5 cm³/mol. The molecule has 2 rings (SSSR count). The Morgan fingerprint density at radius 1 is 1.29 bits per heavy atom. The molecule has 1 aromatic carbocycles. The highest BCUT2D eigenvalue weighted by Gasteiger charge is 2.06. The molecule has 1 N–H and O–H groups in total. The monoisotopic (exact) mass is 228 g/mol. The molecular formula is C15H20N2. The van der Waals surface area contributed by atoms with Crippen molar-refractivity contribution in [2.75, 3.05) is 5.32 Å². The number of aromatic nitrogens is 1. The van der Waals surface area contributed by atoms with Crippen LogP contribution < -0.4 is 5.32 Å². The Morgan fingerprint density at radius 3 is 2.88 bits per heavy atom. The summed E-state index contributed by atoms with van der Waals surface area (Å²) in [4.78, 5) is 4.45. The molecular weight excluding hydrogens is 208 g/mol. The summed E-state index contributed by atoms with van der Waals surface area (Å²) in [5, 5.41) is 4.79. The van der Waals surface area contributed by atoms with Gasteiger partial charge in [-0.1, -0.05) is 19.4 Å². The molecule has 1 unspecified atom stereocenters. The summed E-state index contributed by atoms with van der Waals surface area (Å²) < 4.78 is 0. The smallest absolute Gasteiger partial charge is 0.0751 e. The van der Waals surface area contributed by atoms with Crippen LogP contribution in [-0.2, 0) is 0 Å². The van der Waals surface area contributed by atoms with Gasteiger partial charge in [0, 0.05) is 23.3 Å². The van der Waals surface area contributed by atoms with E-state index in [0.717, 1.165) is 5.52 Å². The number of benzene rings is 1. The standard InChI is InChI=1S/C15H20N2/c1-4-6-12(3)17-14-9-8-11(2)15-13(14)7-5-10-16-15/h5,7-10,12,17H,4,6H2,1-3H3. The Hall–Kier alpha value is -1.57. The summed E-state index contributed by atoms with van der Waals surface area (Å²) in [6.45, 7) is 6.55. The van der Waals surface area contributed by atoms with Gasteiger partial charge in [0.15, 0.2) is 0 Å². The zero-order valence-electron chi connectivity index (χ0n) is 10.8. The van der Waals surface area contributed by atoms with E-state index < -0.39 is 0 Å². The van der Waals surface area contributed by atoms with Crippen LogP contribution in [0.25, 0.3) is 10.9 Å². The first-order chi connectivity index (χ1) is 8.22. The van der Waals surface area contributed by atoms with Gasteiger partial charge in [0.1, 0.15) is 0 Å². The van der Waals surface area contributed by atoms with Gasteiger partial charge in [-0.05, 0) is 44.0 Å². The van der Waals surface area contributed by atoms with Crippen LogP contribution in [0, 0.1) is 6.92 Å². The van der Waals surface area contributed by atoms with Crippen molar-refractivity contribution in [3.8, 4) is 0 Å². The maximum Gasteiger partial charge on any atom is 0.0751 e. The number of nitrogens with zero attached hydrogens (tertiary/aromatic N) is 1. The van der Waals surface area contributed by atoms with Gasteiger partial charge in [-0.3, -0.25) is 4.98 Å². The predicted octanol–water partition coefficient (Wildman–Crippen LogP) is 4.14. The highest BCUT2D eigenvalue weighted by Crippen LogP contribution is 2.25. The van der Waals surface area contributed by atoms with E-state index in [1.54, 1.807) is 0 Å². The van der Waals surface area contributed by atoms with E-state index >= 15 is 0 Å². The molecule has 2 heteroatoms. The summed E-state index contributed by atoms with van der Waals surface area (Å²) in [6.07, 6.45) is 4.25. The Labute approximate surface area is 103 Å². The van der Waals surface area contributed by atoms with E-state index in [-0.39, 0.29) is 0 Å². The number of anilines is 1. The number of aryl methyl sites for hydroxylation is 1. The summed E-state index contributed by atoms with van der Waals surface area (Å²) in [6, 6.07) is 8.93. The minimum Gasteiger partial charge on any atom is -0.382 e. The number of fused-ring (bicyclic) bond motifs is 1. The van der Waals surface area contributed by atoms with Crippen molar-refractivity contribution < 1.29 is 0 Å². The van der Waals surface area contributed by atoms with Crippen LogP contribution in [-0.4, -0.2) is 11.0 Å². The number of hydrogen-bond acceptors (Lipinski definition) is 2. The van der Waals surface area contributed by atoms with E-state index in [2.05, 4.69) is 49.3 Å². The molecule has 17 heavy (non-hydrogen) atoms. The summed E-state index contributed by atoms with van der Waals surface area (Å²) >= 11 is 0. The Balaban J connectivity index is 2.38. The molecule has 0 saturated carbocycles. The third-order valence-corrected chi connectivity index (χ3v) is 3.09. The zero-order chi connectivity index (χ0) is 12.3. The molecule has 1 aromatic heterocycles. The summed E-state index contributed by atoms with van der Waals surface area (Å²) in [5.41, 5.74) is 3.52. The first-order valence-corrected chi connectivity index (χ1v) is 6.33. The van der Waals surface area contributed by atoms with Gasteiger partial charge in [-0.2, -0.15) is 0 Å². The van der Waals surface area contributed by atoms with Crippen LogP contribution in [0.15, 0.2) is 30.5 Å². The maximum absolute atomic E-state index is 4.45. The topological polar surface area (TPSA) is 24.9 Å². The second-order valence-electron chi connectivity index (χ2n) is 4.66. The van der Waals surface area contributed by atoms with Crippen LogP contribution in [0.5, 0.6) is 0 Å². The highest BCUT2D eigenvalue weighted by molar-refractivity contribution is 5.93. The molecule has 0 aliphatic rings. The van der Waals surface area contributed by atoms with Crippen LogP contribution in [0.3, 0.4) is 0 Å². The largest absolute Gasteiger partial charge is 0.382 e. The van der Waals surface area contributed by atoms with E-state index in [0.29, 0.717) is 6.04 Å². The second kappa shape index (κ2) is 5.17. The van der Waals surface area contributed by atoms with Crippen molar-refractivity contribution in [1.82, 2.24) is 4.98 Å². The van der Waals surface area contributed by atoms with Crippen molar-refractivity contribution in [2.45, 2.75) is 39.7 Å². The Bertz CT molecular complexity index is 505. The fourth-order valence-corrected chi connectivity index (χ4v) is 2.21. The molecule has 0 bridgehead atoms. The molecule has 0 radical (unpaired) electrons. The summed E-state index contributed by atoms with van der Waals surface area (Å²) in [5.74, 6) is 0. The third kappa shape index (κ3) is 2.57. The van der Waals surface area contributed by atoms with Crippen LogP contribution in [0.4, 0.5) is 5.69 Å². The van der Waals surface area contributed by atoms with Gasteiger partial charge in [0.05, 0.1) is 5.52 Å². The average Bonchev–Trinajstić information content (AvgIpc) is 2.34. The molecule has 0 aliphatic carbocycles. The lowest BCUT2D eigenvalue weighted by Crippen LogP contribution is -2.14. The number of pyridine rings is 1. The fourth-order valence-electron chi connectivity index (χ4n) is 2.21. The zero-order valence-corrected chi connectivity index (χ0v) is 10.8. The number of nitrogens with one attached hydrogen (secondary N) is 1. The van der Waals surface area contributed by atoms with Gasteiger partial charge < -0.3 is 5.32 Å². The molecule has 0 aliphatic heterocycles. The molecule has 1 heterocycles. The average molecular weight is 228 g/mol. The lowest BCUT2D eigenvalue weighted by molar-refractivity contribution is 0.691. The minimum atomic E-state index is 0.506. The first-order valence-electron chi connectivity index (χ1n) is 6.33. The van der Waals surface area contributed by atoms with E-state index in [1.165, 1.54) is 29.5 Å². The van der Waals surface area contributed by atoms with Crippen LogP contribution >= 0.6 is 0 Å². The van der Waals surface area contributed by atoms with E-state index in [9.17, 15) is 0 Å². The van der Waals surface area contributed by atoms with Crippen LogP contribution in [0.2, 0.25) is 0 Å². The maximum atomic E-state index is 4.45. The molecule has 2 nitrogen and oxygen atoms in total. The molecule has 0 spiro atoms. The molecule has 1 atom stereocenters. The molecule has 0 saturated heterocycles. The quantitative estimate of drug-likeness (QED) is 0.850. The minimum absolute atomic E-state index is 0.506. The second-order valence-corrected chi connectivity index (χ2v) is 4.66. The SMILES string of the molecule is CCCC(C)Nc1ccc(C)c2ncccc12. The number of hydrogen-bond donors (Lipinski definition) is 1. The Morgan fingerprint density at radius 2 is 2.12 bits per heavy atom. The first kappa shape index (κ1) is 11.9. The van der Waals surface area contributed by atoms with Gasteiger partial charge in [-0.15, -0.1) is 0 Å². The van der Waals surface area contributed by atoms with Crippen molar-refractivity contribution in [3.05, 3.63) is 36.0 Å². The fraction of sp³-hybridized carbons (Fsp3) is 0.400. The van der Waals surface area contributed by atoms with Gasteiger partial charge in [-0.25, -0.2) is 0 Å². The van der Waals surface area contributed by atoms with Gasteiger partial charge in [0.2, 0.25) is 0 Å².